The zero-order valence-corrected chi connectivity index (χ0v) is 18.1. The first kappa shape index (κ1) is 23.6. The van der Waals surface area contributed by atoms with Gasteiger partial charge in [0.05, 0.1) is 17.9 Å². The second kappa shape index (κ2) is 12.1. The number of carbonyl (C=O) groups excluding carboxylic acids is 1. The highest BCUT2D eigenvalue weighted by atomic mass is 19.1. The van der Waals surface area contributed by atoms with Crippen LogP contribution in [0.3, 0.4) is 0 Å². The quantitative estimate of drug-likeness (QED) is 0.506. The molecule has 2 heterocycles. The Hall–Kier alpha value is -2.67. The molecule has 3 rings (SSSR count). The molecule has 1 aromatic carbocycles. The number of pyridine rings is 1. The number of urea groups is 1. The Labute approximate surface area is 178 Å². The summed E-state index contributed by atoms with van der Waals surface area (Å²) in [5, 5.41) is 2.70. The van der Waals surface area contributed by atoms with E-state index in [1.165, 1.54) is 55.9 Å². The van der Waals surface area contributed by atoms with Crippen molar-refractivity contribution in [1.82, 2.24) is 4.98 Å². The number of nitrogen functional groups attached to an aromatic ring is 1. The Balaban J connectivity index is 0.000000274. The molecule has 5 N–H and O–H groups in total. The lowest BCUT2D eigenvalue weighted by atomic mass is 10.1. The van der Waals surface area contributed by atoms with E-state index in [9.17, 15) is 9.18 Å². The largest absolute Gasteiger partial charge is 0.384 e. The number of amides is 2. The van der Waals surface area contributed by atoms with Crippen molar-refractivity contribution in [3.05, 3.63) is 47.4 Å². The smallest absolute Gasteiger partial charge is 0.326 e. The van der Waals surface area contributed by atoms with Gasteiger partial charge in [0.25, 0.3) is 0 Å². The van der Waals surface area contributed by atoms with E-state index in [0.717, 1.165) is 12.1 Å². The molecule has 2 aromatic rings. The molecule has 0 unspecified atom stereocenters. The van der Waals surface area contributed by atoms with E-state index in [4.69, 9.17) is 11.5 Å². The number of nitrogens with one attached hydrogen (secondary N) is 1. The number of aromatic nitrogens is 1. The van der Waals surface area contributed by atoms with Crippen LogP contribution in [-0.4, -0.2) is 17.6 Å². The van der Waals surface area contributed by atoms with Gasteiger partial charge in [-0.3, -0.25) is 4.90 Å². The van der Waals surface area contributed by atoms with Gasteiger partial charge in [-0.05, 0) is 31.5 Å². The molecule has 164 valence electrons. The monoisotopic (exact) mass is 415 g/mol. The SMILES string of the molecule is CCCCCCCCCN.Cc1cccc(F)c1N1Cc2cnc(N)cc2NC1=O. The number of halogens is 1. The lowest BCUT2D eigenvalue weighted by Crippen LogP contribution is -2.39. The summed E-state index contributed by atoms with van der Waals surface area (Å²) >= 11 is 0. The average Bonchev–Trinajstić information content (AvgIpc) is 2.71. The van der Waals surface area contributed by atoms with Crippen LogP contribution < -0.4 is 21.7 Å². The Bertz CT molecular complexity index is 799. The molecule has 2 amide bonds. The third-order valence-electron chi connectivity index (χ3n) is 5.09. The average molecular weight is 416 g/mol. The normalized spacial score (nSPS) is 12.7. The summed E-state index contributed by atoms with van der Waals surface area (Å²) in [6, 6.07) is 5.94. The van der Waals surface area contributed by atoms with E-state index in [-0.39, 0.29) is 18.3 Å². The topological polar surface area (TPSA) is 97.3 Å². The molecule has 0 radical (unpaired) electrons. The summed E-state index contributed by atoms with van der Waals surface area (Å²) < 4.78 is 14.0. The summed E-state index contributed by atoms with van der Waals surface area (Å²) in [5.41, 5.74) is 13.4. The molecular formula is C23H34FN5O. The fourth-order valence-corrected chi connectivity index (χ4v) is 3.41. The van der Waals surface area contributed by atoms with Gasteiger partial charge >= 0.3 is 6.03 Å². The number of benzene rings is 1. The van der Waals surface area contributed by atoms with Gasteiger partial charge < -0.3 is 16.8 Å². The van der Waals surface area contributed by atoms with Gasteiger partial charge in [-0.2, -0.15) is 0 Å². The molecule has 0 saturated heterocycles. The number of rotatable bonds is 8. The van der Waals surface area contributed by atoms with Crippen molar-refractivity contribution in [3.63, 3.8) is 0 Å². The highest BCUT2D eigenvalue weighted by molar-refractivity contribution is 6.04. The number of anilines is 3. The fourth-order valence-electron chi connectivity index (χ4n) is 3.41. The molecule has 1 aliphatic heterocycles. The Morgan fingerprint density at radius 1 is 1.17 bits per heavy atom. The minimum Gasteiger partial charge on any atom is -0.384 e. The predicted molar refractivity (Wildman–Crippen MR) is 122 cm³/mol. The van der Waals surface area contributed by atoms with E-state index >= 15 is 0 Å². The molecule has 0 atom stereocenters. The molecule has 0 fully saturated rings. The Morgan fingerprint density at radius 3 is 2.53 bits per heavy atom. The molecule has 7 heteroatoms. The number of nitrogens with zero attached hydrogens (tertiary/aromatic N) is 2. The second-order valence-corrected chi connectivity index (χ2v) is 7.60. The number of hydrogen-bond donors (Lipinski definition) is 3. The van der Waals surface area contributed by atoms with Gasteiger partial charge in [0.1, 0.15) is 11.6 Å². The minimum atomic E-state index is -0.424. The summed E-state index contributed by atoms with van der Waals surface area (Å²) in [5.74, 6) is -0.0911. The maximum atomic E-state index is 14.0. The van der Waals surface area contributed by atoms with E-state index in [2.05, 4.69) is 17.2 Å². The molecule has 6 nitrogen and oxygen atoms in total. The number of para-hydroxylation sites is 1. The van der Waals surface area contributed by atoms with Crippen LogP contribution in [0.5, 0.6) is 0 Å². The third-order valence-corrected chi connectivity index (χ3v) is 5.09. The van der Waals surface area contributed by atoms with Crippen molar-refractivity contribution in [1.29, 1.82) is 0 Å². The van der Waals surface area contributed by atoms with Crippen LogP contribution in [0.2, 0.25) is 0 Å². The zero-order valence-electron chi connectivity index (χ0n) is 18.1. The minimum absolute atomic E-state index is 0.260. The van der Waals surface area contributed by atoms with Crippen LogP contribution in [0.25, 0.3) is 0 Å². The second-order valence-electron chi connectivity index (χ2n) is 7.60. The molecule has 1 aliphatic rings. The first-order valence-electron chi connectivity index (χ1n) is 10.8. The summed E-state index contributed by atoms with van der Waals surface area (Å²) in [6.45, 7) is 5.15. The van der Waals surface area contributed by atoms with Gasteiger partial charge in [0, 0.05) is 17.8 Å². The van der Waals surface area contributed by atoms with Crippen molar-refractivity contribution in [2.24, 2.45) is 5.73 Å². The van der Waals surface area contributed by atoms with Gasteiger partial charge in [0.2, 0.25) is 0 Å². The molecule has 0 bridgehead atoms. The standard InChI is InChI=1S/C14H13FN4O.C9H21N/c1-8-3-2-4-10(15)13(8)19-7-9-6-17-12(16)5-11(9)18-14(19)20;1-2-3-4-5-6-7-8-9-10/h2-6H,7H2,1H3,(H2,16,17)(H,18,20);2-10H2,1H3. The Kier molecular flexibility index (Phi) is 9.54. The highest BCUT2D eigenvalue weighted by Gasteiger charge is 2.27. The van der Waals surface area contributed by atoms with Crippen molar-refractivity contribution in [2.75, 3.05) is 22.5 Å². The lowest BCUT2D eigenvalue weighted by molar-refractivity contribution is 0.255. The van der Waals surface area contributed by atoms with Crippen molar-refractivity contribution in [3.8, 4) is 0 Å². The van der Waals surface area contributed by atoms with Crippen LogP contribution in [-0.2, 0) is 6.54 Å². The van der Waals surface area contributed by atoms with E-state index in [0.29, 0.717) is 17.1 Å². The molecular weight excluding hydrogens is 381 g/mol. The third kappa shape index (κ3) is 6.69. The first-order valence-corrected chi connectivity index (χ1v) is 10.8. The first-order chi connectivity index (χ1) is 14.5. The van der Waals surface area contributed by atoms with Crippen LogP contribution in [0.4, 0.5) is 26.4 Å². The van der Waals surface area contributed by atoms with E-state index in [1.807, 2.05) is 0 Å². The Morgan fingerprint density at radius 2 is 1.87 bits per heavy atom. The van der Waals surface area contributed by atoms with E-state index < -0.39 is 5.82 Å². The summed E-state index contributed by atoms with van der Waals surface area (Å²) in [7, 11) is 0. The fraction of sp³-hybridized carbons (Fsp3) is 0.478. The van der Waals surface area contributed by atoms with Gasteiger partial charge in [-0.1, -0.05) is 57.6 Å². The zero-order chi connectivity index (χ0) is 21.9. The van der Waals surface area contributed by atoms with Crippen molar-refractivity contribution in [2.45, 2.75) is 65.3 Å². The van der Waals surface area contributed by atoms with Crippen molar-refractivity contribution < 1.29 is 9.18 Å². The lowest BCUT2D eigenvalue weighted by Gasteiger charge is -2.30. The maximum absolute atomic E-state index is 14.0. The summed E-state index contributed by atoms with van der Waals surface area (Å²) in [6.07, 6.45) is 11.1. The van der Waals surface area contributed by atoms with Gasteiger partial charge in [0.15, 0.2) is 0 Å². The number of aryl methyl sites for hydroxylation is 1. The summed E-state index contributed by atoms with van der Waals surface area (Å²) in [4.78, 5) is 17.5. The van der Waals surface area contributed by atoms with Gasteiger partial charge in [-0.25, -0.2) is 14.2 Å². The molecule has 1 aromatic heterocycles. The molecule has 30 heavy (non-hydrogen) atoms. The predicted octanol–water partition coefficient (Wildman–Crippen LogP) is 5.36. The molecule has 0 aliphatic carbocycles. The van der Waals surface area contributed by atoms with E-state index in [1.54, 1.807) is 31.3 Å². The van der Waals surface area contributed by atoms with Gasteiger partial charge in [-0.15, -0.1) is 0 Å². The molecule has 0 spiro atoms. The highest BCUT2D eigenvalue weighted by Crippen LogP contribution is 2.31. The van der Waals surface area contributed by atoms with Crippen LogP contribution >= 0.6 is 0 Å². The van der Waals surface area contributed by atoms with Crippen LogP contribution in [0.1, 0.15) is 63.0 Å². The maximum Gasteiger partial charge on any atom is 0.326 e. The number of fused-ring (bicyclic) bond motifs is 1. The number of nitrogens with two attached hydrogens (primary N) is 2. The number of hydrogen-bond acceptors (Lipinski definition) is 4. The van der Waals surface area contributed by atoms with Crippen LogP contribution in [0, 0.1) is 12.7 Å². The number of unbranched alkanes of at least 4 members (excludes halogenated alkanes) is 6. The van der Waals surface area contributed by atoms with Crippen LogP contribution in [0.15, 0.2) is 30.5 Å². The van der Waals surface area contributed by atoms with Crippen molar-refractivity contribution >= 4 is 23.2 Å². The number of carbonyl (C=O) groups is 1. The molecule has 0 saturated carbocycles.